The van der Waals surface area contributed by atoms with Crippen molar-refractivity contribution in [2.75, 3.05) is 0 Å². The summed E-state index contributed by atoms with van der Waals surface area (Å²) in [4.78, 5) is 0. The zero-order valence-electron chi connectivity index (χ0n) is 22.0. The van der Waals surface area contributed by atoms with Gasteiger partial charge in [-0.2, -0.15) is 0 Å². The Balaban J connectivity index is 1.60. The lowest BCUT2D eigenvalue weighted by Gasteiger charge is -2.74. The highest BCUT2D eigenvalue weighted by Gasteiger charge is 2.72. The van der Waals surface area contributed by atoms with Gasteiger partial charge in [-0.15, -0.1) is 0 Å². The summed E-state index contributed by atoms with van der Waals surface area (Å²) in [7, 11) is 0. The van der Waals surface area contributed by atoms with Gasteiger partial charge in [0.15, 0.2) is 0 Å². The standard InChI is InChI=1S/C30H52N2/c1-6-28-17-13-21(2)20-26(28,4)16-14-25-29(31)15-8-7-12-24(22(3)23-10-9-11-23)27(29,5)18-19-30(25,28)32/h21,24-25H,6-20,31-32H2,1-5H3/t21-,24+,25?,26+,27+,28-,29+,30+/m0/s1. The summed E-state index contributed by atoms with van der Waals surface area (Å²) in [5, 5.41) is 0. The first-order valence-electron chi connectivity index (χ1n) is 14.3. The highest BCUT2D eigenvalue weighted by atomic mass is 15.0. The number of hydrogen-bond acceptors (Lipinski definition) is 2. The van der Waals surface area contributed by atoms with Crippen LogP contribution < -0.4 is 11.5 Å². The molecule has 2 heteroatoms. The van der Waals surface area contributed by atoms with Gasteiger partial charge in [-0.25, -0.2) is 0 Å². The van der Waals surface area contributed by atoms with Gasteiger partial charge in [0, 0.05) is 11.1 Å². The van der Waals surface area contributed by atoms with E-state index in [1.165, 1.54) is 96.3 Å². The molecule has 0 aliphatic heterocycles. The summed E-state index contributed by atoms with van der Waals surface area (Å²) < 4.78 is 0. The fourth-order valence-electron chi connectivity index (χ4n) is 10.9. The average Bonchev–Trinajstić information content (AvgIpc) is 2.82. The van der Waals surface area contributed by atoms with Gasteiger partial charge in [-0.3, -0.25) is 0 Å². The summed E-state index contributed by atoms with van der Waals surface area (Å²) in [6, 6.07) is 0. The molecule has 5 aliphatic rings. The van der Waals surface area contributed by atoms with Gasteiger partial charge in [0.1, 0.15) is 0 Å². The third-order valence-electron chi connectivity index (χ3n) is 13.0. The molecule has 5 fully saturated rings. The van der Waals surface area contributed by atoms with Gasteiger partial charge >= 0.3 is 0 Å². The molecule has 0 aromatic heterocycles. The fourth-order valence-corrected chi connectivity index (χ4v) is 10.9. The summed E-state index contributed by atoms with van der Waals surface area (Å²) in [5.74, 6) is 2.00. The molecular formula is C30H52N2. The van der Waals surface area contributed by atoms with E-state index < -0.39 is 0 Å². The first-order chi connectivity index (χ1) is 15.1. The van der Waals surface area contributed by atoms with Crippen molar-refractivity contribution >= 4 is 0 Å². The molecule has 0 aromatic carbocycles. The Hall–Kier alpha value is -0.340. The van der Waals surface area contributed by atoms with Crippen LogP contribution >= 0.6 is 0 Å². The summed E-state index contributed by atoms with van der Waals surface area (Å²) in [6.45, 7) is 12.7. The maximum atomic E-state index is 7.83. The van der Waals surface area contributed by atoms with Crippen LogP contribution in [0.15, 0.2) is 11.1 Å². The number of hydrogen-bond donors (Lipinski definition) is 2. The maximum Gasteiger partial charge on any atom is 0.0263 e. The Labute approximate surface area is 198 Å². The van der Waals surface area contributed by atoms with E-state index in [4.69, 9.17) is 11.5 Å². The maximum absolute atomic E-state index is 7.83. The molecule has 8 atom stereocenters. The van der Waals surface area contributed by atoms with Crippen LogP contribution in [0.1, 0.15) is 131 Å². The van der Waals surface area contributed by atoms with Crippen LogP contribution in [-0.2, 0) is 0 Å². The Morgan fingerprint density at radius 3 is 2.28 bits per heavy atom. The second-order valence-corrected chi connectivity index (χ2v) is 13.9. The van der Waals surface area contributed by atoms with Gasteiger partial charge in [0.2, 0.25) is 0 Å². The van der Waals surface area contributed by atoms with E-state index in [-0.39, 0.29) is 21.9 Å². The molecule has 2 nitrogen and oxygen atoms in total. The van der Waals surface area contributed by atoms with E-state index in [0.29, 0.717) is 17.3 Å². The third-order valence-corrected chi connectivity index (χ3v) is 13.0. The average molecular weight is 441 g/mol. The lowest BCUT2D eigenvalue weighted by Crippen LogP contribution is -2.80. The van der Waals surface area contributed by atoms with E-state index >= 15 is 0 Å². The minimum Gasteiger partial charge on any atom is -0.324 e. The van der Waals surface area contributed by atoms with Crippen molar-refractivity contribution in [1.82, 2.24) is 0 Å². The van der Waals surface area contributed by atoms with Gasteiger partial charge in [0.05, 0.1) is 0 Å². The van der Waals surface area contributed by atoms with Crippen molar-refractivity contribution in [1.29, 1.82) is 0 Å². The van der Waals surface area contributed by atoms with Gasteiger partial charge in [-0.05, 0) is 118 Å². The second-order valence-electron chi connectivity index (χ2n) is 13.9. The Morgan fingerprint density at radius 2 is 1.62 bits per heavy atom. The normalized spacial score (nSPS) is 53.3. The summed E-state index contributed by atoms with van der Waals surface area (Å²) in [5.41, 5.74) is 19.8. The van der Waals surface area contributed by atoms with Crippen LogP contribution in [0.4, 0.5) is 0 Å². The molecule has 182 valence electrons. The number of rotatable bonds is 2. The molecule has 0 heterocycles. The van der Waals surface area contributed by atoms with Crippen molar-refractivity contribution < 1.29 is 0 Å². The highest BCUT2D eigenvalue weighted by molar-refractivity contribution is 5.31. The highest BCUT2D eigenvalue weighted by Crippen LogP contribution is 2.72. The zero-order chi connectivity index (χ0) is 23.0. The molecule has 5 aliphatic carbocycles. The number of fused-ring (bicyclic) bond motifs is 5. The van der Waals surface area contributed by atoms with Gasteiger partial charge < -0.3 is 11.5 Å². The molecule has 1 unspecified atom stereocenters. The molecule has 4 N–H and O–H groups in total. The predicted octanol–water partition coefficient (Wildman–Crippen LogP) is 7.50. The van der Waals surface area contributed by atoms with Crippen LogP contribution in [0.25, 0.3) is 0 Å². The Bertz CT molecular complexity index is 780. The zero-order valence-corrected chi connectivity index (χ0v) is 22.0. The number of nitrogens with two attached hydrogens (primary N) is 2. The SMILES string of the molecule is CC[C@]12CC[C@H](C)C[C@@]1(C)CCC1[C@]2(N)CC[C@]2(C)[C@@H](C(C)=C3CCC3)CCCC[C@@]12N. The van der Waals surface area contributed by atoms with Crippen LogP contribution in [0, 0.1) is 34.0 Å². The third kappa shape index (κ3) is 2.78. The van der Waals surface area contributed by atoms with E-state index in [1.807, 2.05) is 0 Å². The minimum absolute atomic E-state index is 0.0877. The van der Waals surface area contributed by atoms with Crippen LogP contribution in [0.2, 0.25) is 0 Å². The van der Waals surface area contributed by atoms with Gasteiger partial charge in [-0.1, -0.05) is 58.1 Å². The number of allylic oxidation sites excluding steroid dienone is 2. The molecule has 0 amide bonds. The Kier molecular flexibility index (Phi) is 5.54. The molecule has 0 radical (unpaired) electrons. The first kappa shape index (κ1) is 23.4. The van der Waals surface area contributed by atoms with Crippen molar-refractivity contribution in [3.63, 3.8) is 0 Å². The predicted molar refractivity (Wildman–Crippen MR) is 136 cm³/mol. The van der Waals surface area contributed by atoms with Crippen molar-refractivity contribution in [2.45, 2.75) is 142 Å². The van der Waals surface area contributed by atoms with Crippen LogP contribution in [-0.4, -0.2) is 11.1 Å². The van der Waals surface area contributed by atoms with Crippen molar-refractivity contribution in [3.8, 4) is 0 Å². The quantitative estimate of drug-likeness (QED) is 0.437. The largest absolute Gasteiger partial charge is 0.324 e. The first-order valence-corrected chi connectivity index (χ1v) is 14.3. The van der Waals surface area contributed by atoms with Crippen molar-refractivity contribution in [3.05, 3.63) is 11.1 Å². The van der Waals surface area contributed by atoms with E-state index in [0.717, 1.165) is 5.92 Å². The molecule has 32 heavy (non-hydrogen) atoms. The molecule has 0 bridgehead atoms. The smallest absolute Gasteiger partial charge is 0.0263 e. The van der Waals surface area contributed by atoms with E-state index in [1.54, 1.807) is 11.1 Å². The van der Waals surface area contributed by atoms with E-state index in [9.17, 15) is 0 Å². The molecule has 0 aromatic rings. The lowest BCUT2D eigenvalue weighted by atomic mass is 9.33. The Morgan fingerprint density at radius 1 is 0.875 bits per heavy atom. The van der Waals surface area contributed by atoms with Crippen molar-refractivity contribution in [2.24, 2.45) is 45.5 Å². The summed E-state index contributed by atoms with van der Waals surface area (Å²) >= 11 is 0. The monoisotopic (exact) mass is 440 g/mol. The lowest BCUT2D eigenvalue weighted by molar-refractivity contribution is -0.198. The minimum atomic E-state index is -0.112. The van der Waals surface area contributed by atoms with E-state index in [2.05, 4.69) is 34.6 Å². The second kappa shape index (κ2) is 7.58. The molecule has 0 saturated heterocycles. The van der Waals surface area contributed by atoms with Crippen LogP contribution in [0.5, 0.6) is 0 Å². The van der Waals surface area contributed by atoms with Crippen LogP contribution in [0.3, 0.4) is 0 Å². The fraction of sp³-hybridized carbons (Fsp3) is 0.933. The topological polar surface area (TPSA) is 52.0 Å². The van der Waals surface area contributed by atoms with Gasteiger partial charge in [0.25, 0.3) is 0 Å². The summed E-state index contributed by atoms with van der Waals surface area (Å²) in [6.07, 6.45) is 19.6. The molecule has 5 rings (SSSR count). The molecular weight excluding hydrogens is 388 g/mol. The molecule has 0 spiro atoms. The molecule has 5 saturated carbocycles.